The highest BCUT2D eigenvalue weighted by atomic mass is 19.4. The van der Waals surface area contributed by atoms with Crippen molar-refractivity contribution in [1.82, 2.24) is 15.1 Å². The molecule has 1 amide bonds. The first-order valence-corrected chi connectivity index (χ1v) is 10.3. The van der Waals surface area contributed by atoms with Crippen LogP contribution >= 0.6 is 0 Å². The number of benzene rings is 2. The predicted molar refractivity (Wildman–Crippen MR) is 112 cm³/mol. The Morgan fingerprint density at radius 1 is 1.06 bits per heavy atom. The van der Waals surface area contributed by atoms with Gasteiger partial charge in [0.15, 0.2) is 0 Å². The molecule has 1 aliphatic carbocycles. The van der Waals surface area contributed by atoms with Crippen LogP contribution in [0.4, 0.5) is 18.9 Å². The van der Waals surface area contributed by atoms with E-state index in [4.69, 9.17) is 0 Å². The molecule has 5 nitrogen and oxygen atoms in total. The van der Waals surface area contributed by atoms with Crippen molar-refractivity contribution in [3.8, 4) is 5.69 Å². The topological polar surface area (TPSA) is 59.0 Å². The van der Waals surface area contributed by atoms with E-state index in [0.717, 1.165) is 37.1 Å². The molecule has 31 heavy (non-hydrogen) atoms. The van der Waals surface area contributed by atoms with Gasteiger partial charge in [0.2, 0.25) is 0 Å². The molecule has 1 heterocycles. The predicted octanol–water partition coefficient (Wildman–Crippen LogP) is 5.00. The molecular weight excluding hydrogens is 405 g/mol. The minimum absolute atomic E-state index is 0.137. The summed E-state index contributed by atoms with van der Waals surface area (Å²) in [5.74, 6) is -0.114. The summed E-state index contributed by atoms with van der Waals surface area (Å²) in [4.78, 5) is 12.7. The van der Waals surface area contributed by atoms with Gasteiger partial charge in [-0.3, -0.25) is 4.79 Å². The number of hydrogen-bond acceptors (Lipinski definition) is 3. The SMILES string of the molecule is O=C(NCCCNc1ccccc1)c1cnn(-c2cccc(C(F)(F)F)c2)c1C1CC1. The van der Waals surface area contributed by atoms with Gasteiger partial charge in [-0.2, -0.15) is 18.3 Å². The second kappa shape index (κ2) is 8.83. The number of amides is 1. The lowest BCUT2D eigenvalue weighted by atomic mass is 10.1. The van der Waals surface area contributed by atoms with E-state index in [9.17, 15) is 18.0 Å². The number of carbonyl (C=O) groups is 1. The summed E-state index contributed by atoms with van der Waals surface area (Å²) in [6.07, 6.45) is -0.457. The summed E-state index contributed by atoms with van der Waals surface area (Å²) >= 11 is 0. The minimum atomic E-state index is -4.43. The Morgan fingerprint density at radius 2 is 1.84 bits per heavy atom. The Bertz CT molecular complexity index is 1040. The van der Waals surface area contributed by atoms with Crippen LogP contribution in [0.5, 0.6) is 0 Å². The average molecular weight is 428 g/mol. The quantitative estimate of drug-likeness (QED) is 0.497. The van der Waals surface area contributed by atoms with Gasteiger partial charge < -0.3 is 10.6 Å². The largest absolute Gasteiger partial charge is 0.416 e. The molecule has 0 atom stereocenters. The van der Waals surface area contributed by atoms with Gasteiger partial charge in [-0.05, 0) is 49.6 Å². The number of hydrogen-bond donors (Lipinski definition) is 2. The molecule has 0 spiro atoms. The zero-order chi connectivity index (χ0) is 21.8. The van der Waals surface area contributed by atoms with Gasteiger partial charge in [-0.25, -0.2) is 4.68 Å². The highest BCUT2D eigenvalue weighted by Gasteiger charge is 2.34. The lowest BCUT2D eigenvalue weighted by Gasteiger charge is -2.12. The maximum absolute atomic E-state index is 13.1. The van der Waals surface area contributed by atoms with Gasteiger partial charge >= 0.3 is 6.18 Å². The monoisotopic (exact) mass is 428 g/mol. The number of rotatable bonds is 8. The first-order chi connectivity index (χ1) is 14.9. The van der Waals surface area contributed by atoms with Gasteiger partial charge in [0.1, 0.15) is 0 Å². The molecule has 2 N–H and O–H groups in total. The molecule has 0 saturated heterocycles. The van der Waals surface area contributed by atoms with Crippen molar-refractivity contribution >= 4 is 11.6 Å². The third-order valence-corrected chi connectivity index (χ3v) is 5.18. The fourth-order valence-corrected chi connectivity index (χ4v) is 3.48. The van der Waals surface area contributed by atoms with Crippen molar-refractivity contribution in [3.63, 3.8) is 0 Å². The van der Waals surface area contributed by atoms with Crippen LogP contribution in [-0.4, -0.2) is 28.8 Å². The average Bonchev–Trinajstić information content (AvgIpc) is 3.51. The third-order valence-electron chi connectivity index (χ3n) is 5.18. The van der Waals surface area contributed by atoms with Crippen molar-refractivity contribution in [2.45, 2.75) is 31.4 Å². The molecule has 8 heteroatoms. The van der Waals surface area contributed by atoms with Crippen LogP contribution in [0.2, 0.25) is 0 Å². The van der Waals surface area contributed by atoms with Crippen LogP contribution in [0.1, 0.15) is 46.8 Å². The van der Waals surface area contributed by atoms with Crippen molar-refractivity contribution in [2.24, 2.45) is 0 Å². The number of aromatic nitrogens is 2. The molecule has 1 aliphatic rings. The first-order valence-electron chi connectivity index (χ1n) is 10.3. The van der Waals surface area contributed by atoms with E-state index >= 15 is 0 Å². The number of halogens is 3. The van der Waals surface area contributed by atoms with E-state index in [1.165, 1.54) is 16.9 Å². The molecule has 0 aliphatic heterocycles. The number of anilines is 1. The number of nitrogens with zero attached hydrogens (tertiary/aromatic N) is 2. The molecule has 162 valence electrons. The van der Waals surface area contributed by atoms with E-state index in [2.05, 4.69) is 15.7 Å². The highest BCUT2D eigenvalue weighted by Crippen LogP contribution is 2.42. The highest BCUT2D eigenvalue weighted by molar-refractivity contribution is 5.95. The number of nitrogens with one attached hydrogen (secondary N) is 2. The molecule has 1 fully saturated rings. The molecule has 0 bridgehead atoms. The summed E-state index contributed by atoms with van der Waals surface area (Å²) in [7, 11) is 0. The number of carbonyl (C=O) groups excluding carboxylic acids is 1. The Hall–Kier alpha value is -3.29. The maximum atomic E-state index is 13.1. The van der Waals surface area contributed by atoms with Crippen LogP contribution < -0.4 is 10.6 Å². The van der Waals surface area contributed by atoms with E-state index < -0.39 is 11.7 Å². The molecule has 4 rings (SSSR count). The molecule has 0 radical (unpaired) electrons. The summed E-state index contributed by atoms with van der Waals surface area (Å²) in [6.45, 7) is 1.20. The van der Waals surface area contributed by atoms with Crippen LogP contribution in [0, 0.1) is 0 Å². The van der Waals surface area contributed by atoms with Gasteiger partial charge in [-0.15, -0.1) is 0 Å². The Labute approximate surface area is 178 Å². The molecule has 1 saturated carbocycles. The first kappa shape index (κ1) is 21.0. The zero-order valence-corrected chi connectivity index (χ0v) is 16.8. The lowest BCUT2D eigenvalue weighted by Crippen LogP contribution is -2.26. The summed E-state index contributed by atoms with van der Waals surface area (Å²) in [6, 6.07) is 14.8. The van der Waals surface area contributed by atoms with Crippen LogP contribution in [0.3, 0.4) is 0 Å². The Kier molecular flexibility index (Phi) is 5.97. The molecule has 3 aromatic rings. The lowest BCUT2D eigenvalue weighted by molar-refractivity contribution is -0.137. The smallest absolute Gasteiger partial charge is 0.385 e. The van der Waals surface area contributed by atoms with Crippen LogP contribution in [0.15, 0.2) is 60.8 Å². The van der Waals surface area contributed by atoms with Crippen LogP contribution in [0.25, 0.3) is 5.69 Å². The summed E-state index contributed by atoms with van der Waals surface area (Å²) < 4.78 is 40.8. The third kappa shape index (κ3) is 5.07. The van der Waals surface area contributed by atoms with E-state index in [0.29, 0.717) is 30.0 Å². The van der Waals surface area contributed by atoms with Crippen molar-refractivity contribution in [3.05, 3.63) is 77.6 Å². The van der Waals surface area contributed by atoms with Gasteiger partial charge in [0.25, 0.3) is 5.91 Å². The van der Waals surface area contributed by atoms with Crippen molar-refractivity contribution in [1.29, 1.82) is 0 Å². The summed E-state index contributed by atoms with van der Waals surface area (Å²) in [5, 5.41) is 10.4. The van der Waals surface area contributed by atoms with E-state index in [1.54, 1.807) is 6.07 Å². The zero-order valence-electron chi connectivity index (χ0n) is 16.8. The number of para-hydroxylation sites is 1. The van der Waals surface area contributed by atoms with Gasteiger partial charge in [0, 0.05) is 24.7 Å². The van der Waals surface area contributed by atoms with Crippen LogP contribution in [-0.2, 0) is 6.18 Å². The second-order valence-electron chi connectivity index (χ2n) is 7.58. The Morgan fingerprint density at radius 3 is 2.55 bits per heavy atom. The van der Waals surface area contributed by atoms with E-state index in [1.807, 2.05) is 30.3 Å². The Balaban J connectivity index is 1.42. The summed E-state index contributed by atoms with van der Waals surface area (Å²) in [5.41, 5.74) is 1.70. The molecule has 0 unspecified atom stereocenters. The van der Waals surface area contributed by atoms with E-state index in [-0.39, 0.29) is 11.8 Å². The molecular formula is C23H23F3N4O. The van der Waals surface area contributed by atoms with Crippen molar-refractivity contribution < 1.29 is 18.0 Å². The standard InChI is InChI=1S/C23H23F3N4O/c24-23(25,26)17-6-4-9-19(14-17)30-21(16-10-11-16)20(15-29-30)22(31)28-13-5-12-27-18-7-2-1-3-8-18/h1-4,6-9,14-16,27H,5,10-13H2,(H,28,31). The van der Waals surface area contributed by atoms with Crippen molar-refractivity contribution in [2.75, 3.05) is 18.4 Å². The fraction of sp³-hybridized carbons (Fsp3) is 0.304. The normalized spacial score (nSPS) is 13.8. The molecule has 2 aromatic carbocycles. The fourth-order valence-electron chi connectivity index (χ4n) is 3.48. The maximum Gasteiger partial charge on any atom is 0.416 e. The van der Waals surface area contributed by atoms with Gasteiger partial charge in [-0.1, -0.05) is 24.3 Å². The number of alkyl halides is 3. The minimum Gasteiger partial charge on any atom is -0.385 e. The molecule has 1 aromatic heterocycles. The van der Waals surface area contributed by atoms with Gasteiger partial charge in [0.05, 0.1) is 28.7 Å². The second-order valence-corrected chi connectivity index (χ2v) is 7.58.